The first-order valence-corrected chi connectivity index (χ1v) is 8.91. The van der Waals surface area contributed by atoms with Gasteiger partial charge in [0.25, 0.3) is 5.91 Å². The van der Waals surface area contributed by atoms with Gasteiger partial charge in [0, 0.05) is 37.1 Å². The average molecular weight is 338 g/mol. The van der Waals surface area contributed by atoms with Gasteiger partial charge in [-0.05, 0) is 67.6 Å². The van der Waals surface area contributed by atoms with Crippen LogP contribution < -0.4 is 10.6 Å². The molecule has 1 aliphatic rings. The molecule has 2 aromatic carbocycles. The van der Waals surface area contributed by atoms with Crippen molar-refractivity contribution < 1.29 is 9.53 Å². The van der Waals surface area contributed by atoms with E-state index in [0.29, 0.717) is 5.56 Å². The number of amides is 1. The first kappa shape index (κ1) is 17.5. The van der Waals surface area contributed by atoms with Crippen molar-refractivity contribution in [3.05, 3.63) is 64.7 Å². The Morgan fingerprint density at radius 1 is 1.04 bits per heavy atom. The van der Waals surface area contributed by atoms with Crippen molar-refractivity contribution in [2.24, 2.45) is 0 Å². The van der Waals surface area contributed by atoms with Gasteiger partial charge in [0.2, 0.25) is 0 Å². The molecule has 0 aromatic heterocycles. The Balaban J connectivity index is 1.57. The summed E-state index contributed by atoms with van der Waals surface area (Å²) in [6.07, 6.45) is 1.78. The lowest BCUT2D eigenvalue weighted by Gasteiger charge is -2.23. The first-order valence-electron chi connectivity index (χ1n) is 8.91. The van der Waals surface area contributed by atoms with Crippen molar-refractivity contribution in [3.8, 4) is 0 Å². The number of benzene rings is 2. The maximum absolute atomic E-state index is 12.3. The summed E-state index contributed by atoms with van der Waals surface area (Å²) in [5, 5.41) is 6.53. The fourth-order valence-corrected chi connectivity index (χ4v) is 3.17. The number of rotatable bonds is 5. The van der Waals surface area contributed by atoms with E-state index in [1.54, 1.807) is 0 Å². The number of aryl methyl sites for hydroxylation is 2. The molecule has 0 bridgehead atoms. The maximum Gasteiger partial charge on any atom is 0.251 e. The Morgan fingerprint density at radius 3 is 2.32 bits per heavy atom. The standard InChI is InChI=1S/C21H26N2O2/c1-15-4-3-5-16(2)20(15)14-22-18-8-6-17(7-9-18)21(24)23-19-10-12-25-13-11-19/h3-9,19,22H,10-14H2,1-2H3,(H,23,24). The summed E-state index contributed by atoms with van der Waals surface area (Å²) in [5.74, 6) is -0.00630. The number of ether oxygens (including phenoxy) is 1. The maximum atomic E-state index is 12.3. The number of hydrogen-bond acceptors (Lipinski definition) is 3. The zero-order valence-corrected chi connectivity index (χ0v) is 15.0. The highest BCUT2D eigenvalue weighted by atomic mass is 16.5. The quantitative estimate of drug-likeness (QED) is 0.871. The molecule has 4 heteroatoms. The third-order valence-electron chi connectivity index (χ3n) is 4.82. The van der Waals surface area contributed by atoms with E-state index in [1.165, 1.54) is 16.7 Å². The van der Waals surface area contributed by atoms with Crippen molar-refractivity contribution in [1.29, 1.82) is 0 Å². The summed E-state index contributed by atoms with van der Waals surface area (Å²) in [5.41, 5.74) is 5.62. The van der Waals surface area contributed by atoms with E-state index in [-0.39, 0.29) is 11.9 Å². The zero-order chi connectivity index (χ0) is 17.6. The van der Waals surface area contributed by atoms with E-state index in [1.807, 2.05) is 24.3 Å². The number of hydrogen-bond donors (Lipinski definition) is 2. The summed E-state index contributed by atoms with van der Waals surface area (Å²) in [4.78, 5) is 12.3. The molecule has 132 valence electrons. The zero-order valence-electron chi connectivity index (χ0n) is 15.0. The van der Waals surface area contributed by atoms with E-state index in [9.17, 15) is 4.79 Å². The van der Waals surface area contributed by atoms with Crippen LogP contribution >= 0.6 is 0 Å². The predicted molar refractivity (Wildman–Crippen MR) is 101 cm³/mol. The van der Waals surface area contributed by atoms with Crippen LogP contribution in [-0.4, -0.2) is 25.2 Å². The topological polar surface area (TPSA) is 50.4 Å². The third kappa shape index (κ3) is 4.60. The Bertz CT molecular complexity index is 699. The van der Waals surface area contributed by atoms with Crippen molar-refractivity contribution in [2.75, 3.05) is 18.5 Å². The molecule has 2 aromatic rings. The Hall–Kier alpha value is -2.33. The average Bonchev–Trinajstić information content (AvgIpc) is 2.62. The fraction of sp³-hybridized carbons (Fsp3) is 0.381. The highest BCUT2D eigenvalue weighted by Gasteiger charge is 2.16. The van der Waals surface area contributed by atoms with E-state index in [0.717, 1.165) is 38.3 Å². The van der Waals surface area contributed by atoms with E-state index in [4.69, 9.17) is 4.74 Å². The van der Waals surface area contributed by atoms with Crippen molar-refractivity contribution in [1.82, 2.24) is 5.32 Å². The van der Waals surface area contributed by atoms with Crippen LogP contribution in [0.3, 0.4) is 0 Å². The molecular weight excluding hydrogens is 312 g/mol. The summed E-state index contributed by atoms with van der Waals surface area (Å²) in [6, 6.07) is 14.3. The molecule has 1 fully saturated rings. The number of anilines is 1. The second-order valence-corrected chi connectivity index (χ2v) is 6.66. The molecule has 2 N–H and O–H groups in total. The lowest BCUT2D eigenvalue weighted by Crippen LogP contribution is -2.38. The van der Waals surface area contributed by atoms with E-state index >= 15 is 0 Å². The normalized spacial score (nSPS) is 15.0. The van der Waals surface area contributed by atoms with Crippen LogP contribution in [-0.2, 0) is 11.3 Å². The molecule has 3 rings (SSSR count). The molecule has 0 radical (unpaired) electrons. The number of carbonyl (C=O) groups is 1. The fourth-order valence-electron chi connectivity index (χ4n) is 3.17. The van der Waals surface area contributed by atoms with Gasteiger partial charge in [-0.1, -0.05) is 18.2 Å². The Morgan fingerprint density at radius 2 is 1.68 bits per heavy atom. The van der Waals surface area contributed by atoms with Crippen LogP contribution in [0, 0.1) is 13.8 Å². The Kier molecular flexibility index (Phi) is 5.71. The molecule has 1 amide bonds. The lowest BCUT2D eigenvalue weighted by atomic mass is 10.0. The molecule has 1 heterocycles. The lowest BCUT2D eigenvalue weighted by molar-refractivity contribution is 0.0696. The van der Waals surface area contributed by atoms with Crippen LogP contribution in [0.5, 0.6) is 0 Å². The second kappa shape index (κ2) is 8.17. The van der Waals surface area contributed by atoms with Gasteiger partial charge in [-0.15, -0.1) is 0 Å². The molecule has 1 aliphatic heterocycles. The number of nitrogens with one attached hydrogen (secondary N) is 2. The van der Waals surface area contributed by atoms with Crippen molar-refractivity contribution in [2.45, 2.75) is 39.3 Å². The monoisotopic (exact) mass is 338 g/mol. The van der Waals surface area contributed by atoms with Crippen LogP contribution in [0.4, 0.5) is 5.69 Å². The van der Waals surface area contributed by atoms with Gasteiger partial charge in [-0.2, -0.15) is 0 Å². The molecule has 1 saturated heterocycles. The summed E-state index contributed by atoms with van der Waals surface area (Å²) in [7, 11) is 0. The van der Waals surface area contributed by atoms with Gasteiger partial charge >= 0.3 is 0 Å². The van der Waals surface area contributed by atoms with Gasteiger partial charge in [-0.25, -0.2) is 0 Å². The highest BCUT2D eigenvalue weighted by molar-refractivity contribution is 5.94. The molecular formula is C21H26N2O2. The minimum absolute atomic E-state index is 0.00630. The van der Waals surface area contributed by atoms with Crippen molar-refractivity contribution >= 4 is 11.6 Å². The molecule has 0 unspecified atom stereocenters. The van der Waals surface area contributed by atoms with Gasteiger partial charge < -0.3 is 15.4 Å². The molecule has 0 aliphatic carbocycles. The minimum Gasteiger partial charge on any atom is -0.381 e. The van der Waals surface area contributed by atoms with Gasteiger partial charge in [0.15, 0.2) is 0 Å². The van der Waals surface area contributed by atoms with Gasteiger partial charge in [-0.3, -0.25) is 4.79 Å². The highest BCUT2D eigenvalue weighted by Crippen LogP contribution is 2.17. The SMILES string of the molecule is Cc1cccc(C)c1CNc1ccc(C(=O)NC2CCOCC2)cc1. The molecule has 25 heavy (non-hydrogen) atoms. The van der Waals surface area contributed by atoms with Gasteiger partial charge in [0.05, 0.1) is 0 Å². The molecule has 0 saturated carbocycles. The van der Waals surface area contributed by atoms with E-state index in [2.05, 4.69) is 42.7 Å². The summed E-state index contributed by atoms with van der Waals surface area (Å²) < 4.78 is 5.32. The first-order chi connectivity index (χ1) is 12.1. The smallest absolute Gasteiger partial charge is 0.251 e. The predicted octanol–water partition coefficient (Wildman–Crippen LogP) is 3.82. The van der Waals surface area contributed by atoms with Crippen LogP contribution in [0.15, 0.2) is 42.5 Å². The van der Waals surface area contributed by atoms with Crippen LogP contribution in [0.2, 0.25) is 0 Å². The Labute approximate surface area is 149 Å². The largest absolute Gasteiger partial charge is 0.381 e. The number of carbonyl (C=O) groups excluding carboxylic acids is 1. The molecule has 0 spiro atoms. The van der Waals surface area contributed by atoms with Gasteiger partial charge in [0.1, 0.15) is 0 Å². The minimum atomic E-state index is -0.00630. The van der Waals surface area contributed by atoms with Crippen LogP contribution in [0.1, 0.15) is 39.9 Å². The molecule has 0 atom stereocenters. The van der Waals surface area contributed by atoms with Crippen LogP contribution in [0.25, 0.3) is 0 Å². The second-order valence-electron chi connectivity index (χ2n) is 6.66. The van der Waals surface area contributed by atoms with Crippen molar-refractivity contribution in [3.63, 3.8) is 0 Å². The molecule has 4 nitrogen and oxygen atoms in total. The van der Waals surface area contributed by atoms with E-state index < -0.39 is 0 Å². The summed E-state index contributed by atoms with van der Waals surface area (Å²) in [6.45, 7) is 6.51. The summed E-state index contributed by atoms with van der Waals surface area (Å²) >= 11 is 0. The third-order valence-corrected chi connectivity index (χ3v) is 4.82.